The van der Waals surface area contributed by atoms with E-state index in [0.29, 0.717) is 26.8 Å². The van der Waals surface area contributed by atoms with Crippen LogP contribution in [-0.2, 0) is 4.79 Å². The average Bonchev–Trinajstić information content (AvgIpc) is 3.30. The fraction of sp³-hybridized carbons (Fsp3) is 0.0800. The number of carbonyl (C=O) groups is 1. The predicted octanol–water partition coefficient (Wildman–Crippen LogP) is 3.36. The number of nitro groups is 1. The fourth-order valence-electron chi connectivity index (χ4n) is 3.70. The molecule has 0 atom stereocenters. The number of nitrogens with zero attached hydrogens (tertiary/aromatic N) is 4. The summed E-state index contributed by atoms with van der Waals surface area (Å²) in [5.74, 6) is -0.748. The van der Waals surface area contributed by atoms with Crippen LogP contribution < -0.4 is 15.4 Å². The van der Waals surface area contributed by atoms with E-state index in [4.69, 9.17) is 4.99 Å². The van der Waals surface area contributed by atoms with Crippen molar-refractivity contribution in [2.45, 2.75) is 13.8 Å². The molecule has 2 heterocycles. The Bertz CT molecular complexity index is 1660. The first-order valence-electron chi connectivity index (χ1n) is 10.4. The maximum atomic E-state index is 12.8. The van der Waals surface area contributed by atoms with Gasteiger partial charge in [-0.15, -0.1) is 0 Å². The van der Waals surface area contributed by atoms with Crippen molar-refractivity contribution >= 4 is 34.2 Å². The Morgan fingerprint density at radius 1 is 1.00 bits per heavy atom. The van der Waals surface area contributed by atoms with Crippen molar-refractivity contribution in [3.63, 3.8) is 0 Å². The van der Waals surface area contributed by atoms with Crippen LogP contribution in [0.5, 0.6) is 5.88 Å². The molecule has 0 spiro atoms. The van der Waals surface area contributed by atoms with Crippen molar-refractivity contribution in [2.24, 2.45) is 9.98 Å². The van der Waals surface area contributed by atoms with Crippen molar-refractivity contribution in [3.8, 4) is 11.6 Å². The third-order valence-electron chi connectivity index (χ3n) is 5.47. The van der Waals surface area contributed by atoms with Crippen molar-refractivity contribution in [1.82, 2.24) is 4.57 Å². The highest BCUT2D eigenvalue weighted by Crippen LogP contribution is 2.31. The molecule has 0 bridgehead atoms. The number of non-ortho nitro benzene ring substituents is 1. The minimum Gasteiger partial charge on any atom is -0.493 e. The van der Waals surface area contributed by atoms with Crippen LogP contribution in [0.1, 0.15) is 16.0 Å². The van der Waals surface area contributed by atoms with Crippen LogP contribution >= 0.6 is 11.3 Å². The van der Waals surface area contributed by atoms with Gasteiger partial charge in [0.05, 0.1) is 27.2 Å². The SMILES string of the molecule is Cc1ccc(N=c2sc(C3=c4cc([N+](=O)[O-])ccc4=NC3=O)c(O)n2-c2ccc(C)cc2)cc1. The Kier molecular flexibility index (Phi) is 5.18. The number of aryl methyl sites for hydroxylation is 2. The summed E-state index contributed by atoms with van der Waals surface area (Å²) in [5, 5.41) is 23.3. The highest BCUT2D eigenvalue weighted by Gasteiger charge is 2.27. The van der Waals surface area contributed by atoms with E-state index in [1.54, 1.807) is 4.57 Å². The zero-order valence-electron chi connectivity index (χ0n) is 18.2. The van der Waals surface area contributed by atoms with E-state index < -0.39 is 10.8 Å². The second-order valence-electron chi connectivity index (χ2n) is 7.91. The van der Waals surface area contributed by atoms with Gasteiger partial charge in [0, 0.05) is 17.4 Å². The van der Waals surface area contributed by atoms with Gasteiger partial charge in [-0.3, -0.25) is 19.5 Å². The molecule has 1 amide bonds. The fourth-order valence-corrected chi connectivity index (χ4v) is 4.80. The Morgan fingerprint density at radius 3 is 2.29 bits per heavy atom. The van der Waals surface area contributed by atoms with Gasteiger partial charge in [0.25, 0.3) is 11.6 Å². The molecule has 1 aromatic heterocycles. The van der Waals surface area contributed by atoms with Crippen molar-refractivity contribution in [3.05, 3.63) is 108 Å². The molecule has 34 heavy (non-hydrogen) atoms. The number of nitro benzene ring substituents is 1. The van der Waals surface area contributed by atoms with Gasteiger partial charge in [-0.1, -0.05) is 46.7 Å². The topological polar surface area (TPSA) is 110 Å². The number of benzene rings is 3. The lowest BCUT2D eigenvalue weighted by Gasteiger charge is -2.06. The van der Waals surface area contributed by atoms with Crippen LogP contribution in [0.2, 0.25) is 0 Å². The van der Waals surface area contributed by atoms with Gasteiger partial charge >= 0.3 is 0 Å². The van der Waals surface area contributed by atoms with Crippen LogP contribution in [0.3, 0.4) is 0 Å². The predicted molar refractivity (Wildman–Crippen MR) is 128 cm³/mol. The van der Waals surface area contributed by atoms with Gasteiger partial charge in [-0.2, -0.15) is 0 Å². The Morgan fingerprint density at radius 2 is 1.65 bits per heavy atom. The quantitative estimate of drug-likeness (QED) is 0.364. The highest BCUT2D eigenvalue weighted by molar-refractivity contribution is 7.11. The summed E-state index contributed by atoms with van der Waals surface area (Å²) in [7, 11) is 0. The first kappa shape index (κ1) is 21.5. The van der Waals surface area contributed by atoms with Gasteiger partial charge < -0.3 is 5.11 Å². The van der Waals surface area contributed by atoms with E-state index in [9.17, 15) is 20.0 Å². The number of fused-ring (bicyclic) bond motifs is 1. The molecule has 1 aliphatic rings. The second kappa shape index (κ2) is 8.20. The minimum absolute atomic E-state index is 0.118. The van der Waals surface area contributed by atoms with E-state index in [1.807, 2.05) is 62.4 Å². The van der Waals surface area contributed by atoms with Crippen LogP contribution in [0.25, 0.3) is 11.3 Å². The van der Waals surface area contributed by atoms with Crippen LogP contribution in [-0.4, -0.2) is 20.5 Å². The molecule has 0 radical (unpaired) electrons. The lowest BCUT2D eigenvalue weighted by Crippen LogP contribution is -2.23. The van der Waals surface area contributed by atoms with E-state index in [-0.39, 0.29) is 22.0 Å². The van der Waals surface area contributed by atoms with Crippen LogP contribution in [0.4, 0.5) is 11.4 Å². The molecule has 4 aromatic rings. The standard InChI is InChI=1S/C25H18N4O4S/c1-14-3-7-16(8-4-14)26-25-28(17-9-5-15(2)6-10-17)24(31)22(34-25)21-19-13-18(29(32)33)11-12-20(19)27-23(21)30/h3-13,31H,1-2H3. The van der Waals surface area contributed by atoms with Gasteiger partial charge in [-0.05, 0) is 44.2 Å². The molecule has 3 aromatic carbocycles. The molecule has 168 valence electrons. The minimum atomic E-state index is -0.565. The second-order valence-corrected chi connectivity index (χ2v) is 8.88. The van der Waals surface area contributed by atoms with E-state index >= 15 is 0 Å². The molecule has 1 aliphatic heterocycles. The van der Waals surface area contributed by atoms with Gasteiger partial charge in [0.15, 0.2) is 4.80 Å². The summed E-state index contributed by atoms with van der Waals surface area (Å²) in [6.45, 7) is 3.94. The first-order valence-corrected chi connectivity index (χ1v) is 11.2. The summed E-state index contributed by atoms with van der Waals surface area (Å²) < 4.78 is 1.56. The maximum Gasteiger partial charge on any atom is 0.279 e. The number of hydrogen-bond donors (Lipinski definition) is 1. The third kappa shape index (κ3) is 3.71. The number of carbonyl (C=O) groups excluding carboxylic acids is 1. The summed E-state index contributed by atoms with van der Waals surface area (Å²) in [5.41, 5.74) is 3.45. The van der Waals surface area contributed by atoms with Crippen molar-refractivity contribution in [2.75, 3.05) is 0 Å². The molecule has 9 heteroatoms. The molecule has 0 saturated heterocycles. The first-order chi connectivity index (χ1) is 16.3. The monoisotopic (exact) mass is 470 g/mol. The number of thiazole rings is 1. The third-order valence-corrected chi connectivity index (χ3v) is 6.52. The number of aromatic hydroxyl groups is 1. The normalized spacial score (nSPS) is 13.2. The summed E-state index contributed by atoms with van der Waals surface area (Å²) in [6.07, 6.45) is 0. The molecule has 0 aliphatic carbocycles. The molecule has 1 N–H and O–H groups in total. The molecule has 5 rings (SSSR count). The van der Waals surface area contributed by atoms with Crippen molar-refractivity contribution in [1.29, 1.82) is 0 Å². The van der Waals surface area contributed by atoms with Crippen LogP contribution in [0, 0.1) is 24.0 Å². The van der Waals surface area contributed by atoms with Gasteiger partial charge in [0.1, 0.15) is 4.88 Å². The average molecular weight is 471 g/mol. The number of amides is 1. The van der Waals surface area contributed by atoms with E-state index in [0.717, 1.165) is 22.5 Å². The van der Waals surface area contributed by atoms with Gasteiger partial charge in [0.2, 0.25) is 5.88 Å². The van der Waals surface area contributed by atoms with E-state index in [2.05, 4.69) is 4.99 Å². The highest BCUT2D eigenvalue weighted by atomic mass is 32.1. The Balaban J connectivity index is 1.82. The lowest BCUT2D eigenvalue weighted by molar-refractivity contribution is -0.385. The molecule has 8 nitrogen and oxygen atoms in total. The lowest BCUT2D eigenvalue weighted by atomic mass is 10.1. The molecule has 0 unspecified atom stereocenters. The van der Waals surface area contributed by atoms with Crippen LogP contribution in [0.15, 0.2) is 76.7 Å². The maximum absolute atomic E-state index is 12.8. The smallest absolute Gasteiger partial charge is 0.279 e. The Hall–Kier alpha value is -4.37. The Labute approximate surface area is 197 Å². The summed E-state index contributed by atoms with van der Waals surface area (Å²) in [4.78, 5) is 33.1. The number of aromatic nitrogens is 1. The molecular formula is C25H18N4O4S. The largest absolute Gasteiger partial charge is 0.493 e. The molecule has 0 saturated carbocycles. The summed E-state index contributed by atoms with van der Waals surface area (Å²) in [6, 6.07) is 19.2. The van der Waals surface area contributed by atoms with Gasteiger partial charge in [-0.25, -0.2) is 9.98 Å². The zero-order chi connectivity index (χ0) is 24.0. The number of hydrogen-bond acceptors (Lipinski definition) is 6. The molecule has 0 fully saturated rings. The number of rotatable bonds is 4. The molecular weight excluding hydrogens is 452 g/mol. The summed E-state index contributed by atoms with van der Waals surface area (Å²) >= 11 is 1.12. The van der Waals surface area contributed by atoms with Crippen molar-refractivity contribution < 1.29 is 14.8 Å². The van der Waals surface area contributed by atoms with E-state index in [1.165, 1.54) is 18.2 Å². The zero-order valence-corrected chi connectivity index (χ0v) is 19.0.